The van der Waals surface area contributed by atoms with E-state index >= 15 is 0 Å². The van der Waals surface area contributed by atoms with Crippen molar-refractivity contribution in [3.8, 4) is 6.01 Å². The average molecular weight is 678 g/mol. The Hall–Kier alpha value is -3.65. The number of nitrogens with two attached hydrogens (primary N) is 1. The van der Waals surface area contributed by atoms with Gasteiger partial charge in [0.15, 0.2) is 0 Å². The second-order valence-electron chi connectivity index (χ2n) is 14.5. The molecular formula is C35H48FN7O4Si. The van der Waals surface area contributed by atoms with Crippen LogP contribution in [0.25, 0.3) is 0 Å². The van der Waals surface area contributed by atoms with Gasteiger partial charge in [-0.05, 0) is 54.6 Å². The van der Waals surface area contributed by atoms with Crippen LogP contribution in [0.4, 0.5) is 10.3 Å². The summed E-state index contributed by atoms with van der Waals surface area (Å²) >= 11 is 0. The minimum atomic E-state index is -2.97. The summed E-state index contributed by atoms with van der Waals surface area (Å²) < 4.78 is 34.7. The number of aromatic nitrogens is 3. The molecule has 0 amide bonds. The Morgan fingerprint density at radius 1 is 1.08 bits per heavy atom. The number of hydrogen-bond acceptors (Lipinski definition) is 10. The standard InChI is InChI=1S/C35H48FN7O4Si/c1-24(29-20-26(36)21-42(29)5)46-33-39-31(30(37)41-44)38-32(40-33)43-18-19-45-23-35(22-43,25-16-17-25)47-48(34(2,3)4,27-12-8-6-9-13-27)28-14-10-7-11-15-28/h6-15,24-26,29,44H,16-23H2,1-5H3,(H2,37,41)/t24-,26+,29-,35?/m0/s1. The molecule has 3 heterocycles. The molecule has 1 saturated carbocycles. The summed E-state index contributed by atoms with van der Waals surface area (Å²) in [7, 11) is -1.09. The molecule has 3 aromatic rings. The highest BCUT2D eigenvalue weighted by Crippen LogP contribution is 2.48. The van der Waals surface area contributed by atoms with E-state index in [1.165, 1.54) is 10.4 Å². The summed E-state index contributed by atoms with van der Waals surface area (Å²) in [5, 5.41) is 14.9. The van der Waals surface area contributed by atoms with Crippen LogP contribution in [0, 0.1) is 5.92 Å². The molecule has 3 N–H and O–H groups in total. The van der Waals surface area contributed by atoms with E-state index in [4.69, 9.17) is 24.6 Å². The van der Waals surface area contributed by atoms with Gasteiger partial charge >= 0.3 is 6.01 Å². The van der Waals surface area contributed by atoms with Crippen molar-refractivity contribution in [2.75, 3.05) is 44.8 Å². The van der Waals surface area contributed by atoms with Gasteiger partial charge in [-0.25, -0.2) is 4.39 Å². The largest absolute Gasteiger partial charge is 0.459 e. The maximum absolute atomic E-state index is 14.2. The van der Waals surface area contributed by atoms with Crippen molar-refractivity contribution in [2.45, 2.75) is 75.9 Å². The zero-order valence-electron chi connectivity index (χ0n) is 28.6. The van der Waals surface area contributed by atoms with E-state index in [0.29, 0.717) is 45.2 Å². The molecule has 4 atom stereocenters. The van der Waals surface area contributed by atoms with Crippen molar-refractivity contribution in [1.82, 2.24) is 19.9 Å². The Balaban J connectivity index is 1.41. The van der Waals surface area contributed by atoms with Crippen LogP contribution in [-0.2, 0) is 9.16 Å². The normalized spacial score (nSPS) is 25.1. The molecule has 48 heavy (non-hydrogen) atoms. The van der Waals surface area contributed by atoms with E-state index in [9.17, 15) is 9.60 Å². The molecule has 1 unspecified atom stereocenters. The molecule has 1 aliphatic carbocycles. The first-order valence-corrected chi connectivity index (χ1v) is 18.8. The topological polar surface area (TPSA) is 131 Å². The van der Waals surface area contributed by atoms with Gasteiger partial charge in [-0.3, -0.25) is 4.90 Å². The predicted octanol–water partition coefficient (Wildman–Crippen LogP) is 3.34. The molecule has 2 aliphatic heterocycles. The Morgan fingerprint density at radius 2 is 1.73 bits per heavy atom. The van der Waals surface area contributed by atoms with Gasteiger partial charge in [-0.1, -0.05) is 86.6 Å². The number of likely N-dealkylation sites (tertiary alicyclic amines) is 1. The second kappa shape index (κ2) is 13.7. The highest BCUT2D eigenvalue weighted by molar-refractivity contribution is 6.99. The van der Waals surface area contributed by atoms with Crippen LogP contribution in [0.1, 0.15) is 52.8 Å². The van der Waals surface area contributed by atoms with Gasteiger partial charge in [0.05, 0.1) is 19.8 Å². The van der Waals surface area contributed by atoms with Gasteiger partial charge in [0.2, 0.25) is 17.6 Å². The molecule has 258 valence electrons. The Kier molecular flexibility index (Phi) is 9.76. The zero-order chi connectivity index (χ0) is 34.1. The fourth-order valence-electron chi connectivity index (χ4n) is 7.45. The number of ether oxygens (including phenoxy) is 2. The second-order valence-corrected chi connectivity index (χ2v) is 18.7. The van der Waals surface area contributed by atoms with E-state index in [0.717, 1.165) is 12.8 Å². The Bertz CT molecular complexity index is 1540. The first-order valence-electron chi connectivity index (χ1n) is 16.8. The number of likely N-dealkylation sites (N-methyl/N-ethyl adjacent to an activating group) is 1. The number of rotatable bonds is 10. The van der Waals surface area contributed by atoms with E-state index in [2.05, 4.69) is 89.3 Å². The lowest BCUT2D eigenvalue weighted by Crippen LogP contribution is -2.71. The van der Waals surface area contributed by atoms with Gasteiger partial charge in [-0.15, -0.1) is 0 Å². The SMILES string of the molecule is C[C@H](Oc1nc(/C(N)=N/O)nc(N2CCOCC(O[Si](c3ccccc3)(c3ccccc3)C(C)(C)C)(C3CC3)C2)n1)[C@@H]1C[C@@H](F)CN1C. The molecule has 2 aromatic carbocycles. The predicted molar refractivity (Wildman–Crippen MR) is 186 cm³/mol. The Labute approximate surface area is 283 Å². The summed E-state index contributed by atoms with van der Waals surface area (Å²) in [4.78, 5) is 17.8. The third kappa shape index (κ3) is 6.78. The summed E-state index contributed by atoms with van der Waals surface area (Å²) in [5.41, 5.74) is 5.35. The van der Waals surface area contributed by atoms with Gasteiger partial charge in [0, 0.05) is 19.1 Å². The van der Waals surface area contributed by atoms with Crippen LogP contribution in [0.2, 0.25) is 5.04 Å². The van der Waals surface area contributed by atoms with Crippen LogP contribution in [0.3, 0.4) is 0 Å². The number of hydrogen-bond donors (Lipinski definition) is 2. The molecule has 13 heteroatoms. The third-order valence-electron chi connectivity index (χ3n) is 10.0. The summed E-state index contributed by atoms with van der Waals surface area (Å²) in [5.74, 6) is 0.315. The van der Waals surface area contributed by atoms with Crippen LogP contribution in [0.15, 0.2) is 65.8 Å². The number of halogens is 1. The lowest BCUT2D eigenvalue weighted by Gasteiger charge is -2.50. The zero-order valence-corrected chi connectivity index (χ0v) is 29.6. The fourth-order valence-corrected chi connectivity index (χ4v) is 12.3. The number of nitrogens with zero attached hydrogens (tertiary/aromatic N) is 6. The first kappa shape index (κ1) is 34.2. The average Bonchev–Trinajstić information content (AvgIpc) is 3.90. The highest BCUT2D eigenvalue weighted by atomic mass is 28.4. The summed E-state index contributed by atoms with van der Waals surface area (Å²) in [6.45, 7) is 10.9. The maximum atomic E-state index is 14.2. The van der Waals surface area contributed by atoms with Crippen LogP contribution in [-0.4, -0.2) is 103 Å². The molecule has 0 spiro atoms. The minimum absolute atomic E-state index is 0.0112. The molecule has 0 radical (unpaired) electrons. The summed E-state index contributed by atoms with van der Waals surface area (Å²) in [6, 6.07) is 21.1. The lowest BCUT2D eigenvalue weighted by atomic mass is 9.98. The Morgan fingerprint density at radius 3 is 2.27 bits per heavy atom. The van der Waals surface area contributed by atoms with Crippen molar-refractivity contribution in [3.63, 3.8) is 0 Å². The smallest absolute Gasteiger partial charge is 0.322 e. The van der Waals surface area contributed by atoms with Crippen molar-refractivity contribution < 1.29 is 23.5 Å². The third-order valence-corrected chi connectivity index (χ3v) is 15.1. The number of benzene rings is 2. The van der Waals surface area contributed by atoms with E-state index in [-0.39, 0.29) is 34.7 Å². The van der Waals surface area contributed by atoms with Crippen LogP contribution >= 0.6 is 0 Å². The van der Waals surface area contributed by atoms with Crippen LogP contribution < -0.4 is 25.7 Å². The molecule has 0 bridgehead atoms. The van der Waals surface area contributed by atoms with E-state index in [1.54, 1.807) is 0 Å². The fraction of sp³-hybridized carbons (Fsp3) is 0.543. The van der Waals surface area contributed by atoms with Crippen molar-refractivity contribution in [3.05, 3.63) is 66.5 Å². The number of amidine groups is 1. The molecular weight excluding hydrogens is 630 g/mol. The van der Waals surface area contributed by atoms with Crippen molar-refractivity contribution >= 4 is 30.5 Å². The maximum Gasteiger partial charge on any atom is 0.322 e. The molecule has 3 fully saturated rings. The quantitative estimate of drug-likeness (QED) is 0.108. The number of alkyl halides is 1. The highest BCUT2D eigenvalue weighted by Gasteiger charge is 2.59. The number of anilines is 1. The summed E-state index contributed by atoms with van der Waals surface area (Å²) in [6.07, 6.45) is 1.07. The number of oxime groups is 1. The molecule has 3 aliphatic rings. The molecule has 2 saturated heterocycles. The monoisotopic (exact) mass is 677 g/mol. The van der Waals surface area contributed by atoms with Gasteiger partial charge in [0.1, 0.15) is 17.9 Å². The minimum Gasteiger partial charge on any atom is -0.459 e. The molecule has 6 rings (SSSR count). The van der Waals surface area contributed by atoms with Crippen molar-refractivity contribution in [1.29, 1.82) is 0 Å². The molecule has 1 aromatic heterocycles. The first-order chi connectivity index (χ1) is 23.0. The van der Waals surface area contributed by atoms with Crippen molar-refractivity contribution in [2.24, 2.45) is 16.8 Å². The van der Waals surface area contributed by atoms with E-state index in [1.807, 2.05) is 31.0 Å². The lowest BCUT2D eigenvalue weighted by molar-refractivity contribution is -0.0290. The van der Waals surface area contributed by atoms with Gasteiger partial charge in [0.25, 0.3) is 8.32 Å². The van der Waals surface area contributed by atoms with Crippen LogP contribution in [0.5, 0.6) is 6.01 Å². The van der Waals surface area contributed by atoms with E-state index < -0.39 is 26.2 Å². The van der Waals surface area contributed by atoms with Gasteiger partial charge < -0.3 is 29.7 Å². The van der Waals surface area contributed by atoms with Gasteiger partial charge in [-0.2, -0.15) is 15.0 Å². The molecule has 11 nitrogen and oxygen atoms in total.